The minimum absolute atomic E-state index is 0.451. The second-order valence-electron chi connectivity index (χ2n) is 8.21. The third-order valence-electron chi connectivity index (χ3n) is 6.55. The summed E-state index contributed by atoms with van der Waals surface area (Å²) in [4.78, 5) is 6.60. The quantitative estimate of drug-likeness (QED) is 0.735. The fourth-order valence-electron chi connectivity index (χ4n) is 5.15. The third kappa shape index (κ3) is 2.54. The number of nitrogens with zero attached hydrogens (tertiary/aromatic N) is 3. The number of likely N-dealkylation sites (N-methyl/N-ethyl adjacent to an activating group) is 1. The summed E-state index contributed by atoms with van der Waals surface area (Å²) < 4.78 is 2.28. The van der Waals surface area contributed by atoms with E-state index in [1.54, 1.807) is 12.4 Å². The lowest BCUT2D eigenvalue weighted by atomic mass is 9.95. The number of hydrogen-bond acceptors (Lipinski definition) is 3. The van der Waals surface area contributed by atoms with Gasteiger partial charge in [-0.2, -0.15) is 0 Å². The third-order valence-corrected chi connectivity index (χ3v) is 6.86. The van der Waals surface area contributed by atoms with Crippen molar-refractivity contribution in [1.82, 2.24) is 14.5 Å². The molecule has 2 aliphatic rings. The van der Waals surface area contributed by atoms with Gasteiger partial charge in [0.2, 0.25) is 0 Å². The van der Waals surface area contributed by atoms with Crippen molar-refractivity contribution in [2.45, 2.75) is 50.4 Å². The van der Waals surface area contributed by atoms with Crippen LogP contribution in [0.2, 0.25) is 5.02 Å². The van der Waals surface area contributed by atoms with Crippen LogP contribution < -0.4 is 0 Å². The maximum absolute atomic E-state index is 11.3. The van der Waals surface area contributed by atoms with Crippen LogP contribution >= 0.6 is 11.6 Å². The molecular weight excluding hydrogens is 358 g/mol. The van der Waals surface area contributed by atoms with Crippen molar-refractivity contribution in [1.29, 1.82) is 0 Å². The molecule has 27 heavy (non-hydrogen) atoms. The van der Waals surface area contributed by atoms with Gasteiger partial charge < -0.3 is 9.67 Å². The van der Waals surface area contributed by atoms with Crippen molar-refractivity contribution < 1.29 is 5.11 Å². The fourth-order valence-corrected chi connectivity index (χ4v) is 5.43. The van der Waals surface area contributed by atoms with E-state index in [0.717, 1.165) is 22.5 Å². The highest BCUT2D eigenvalue weighted by Crippen LogP contribution is 2.48. The van der Waals surface area contributed by atoms with E-state index in [-0.39, 0.29) is 0 Å². The summed E-state index contributed by atoms with van der Waals surface area (Å²) in [5.74, 6) is 0. The Bertz CT molecular complexity index is 1010. The highest BCUT2D eigenvalue weighted by molar-refractivity contribution is 6.35. The Balaban J connectivity index is 1.71. The number of rotatable bonds is 3. The highest BCUT2D eigenvalue weighted by Gasteiger charge is 2.41. The van der Waals surface area contributed by atoms with E-state index in [1.807, 2.05) is 31.2 Å². The molecule has 3 unspecified atom stereocenters. The molecule has 1 fully saturated rings. The van der Waals surface area contributed by atoms with Crippen LogP contribution in [-0.4, -0.2) is 32.6 Å². The molecule has 0 radical (unpaired) electrons. The average Bonchev–Trinajstić information content (AvgIpc) is 3.07. The Kier molecular flexibility index (Phi) is 3.87. The monoisotopic (exact) mass is 381 g/mol. The van der Waals surface area contributed by atoms with Crippen LogP contribution in [0.1, 0.15) is 42.6 Å². The normalized spacial score (nSPS) is 24.1. The number of fused-ring (bicyclic) bond motifs is 6. The Labute approximate surface area is 164 Å². The number of pyridine rings is 1. The first-order valence-electron chi connectivity index (χ1n) is 9.61. The molecule has 4 nitrogen and oxygen atoms in total. The van der Waals surface area contributed by atoms with Gasteiger partial charge in [0.05, 0.1) is 17.1 Å². The summed E-state index contributed by atoms with van der Waals surface area (Å²) in [6, 6.07) is 11.0. The van der Waals surface area contributed by atoms with Gasteiger partial charge in [-0.25, -0.2) is 0 Å². The Morgan fingerprint density at radius 1 is 1.22 bits per heavy atom. The molecular formula is C22H24ClN3O. The zero-order valence-electron chi connectivity index (χ0n) is 15.7. The molecule has 5 rings (SSSR count). The predicted octanol–water partition coefficient (Wildman–Crippen LogP) is 4.29. The Hall–Kier alpha value is -1.88. The number of para-hydroxylation sites is 1. The van der Waals surface area contributed by atoms with Gasteiger partial charge in [0, 0.05) is 42.0 Å². The fraction of sp³-hybridized carbons (Fsp3) is 0.409. The average molecular weight is 382 g/mol. The lowest BCUT2D eigenvalue weighted by Gasteiger charge is -2.33. The summed E-state index contributed by atoms with van der Waals surface area (Å²) in [6.07, 6.45) is 6.91. The van der Waals surface area contributed by atoms with E-state index in [1.165, 1.54) is 29.5 Å². The molecule has 2 bridgehead atoms. The molecule has 3 aromatic rings. The lowest BCUT2D eigenvalue weighted by molar-refractivity contribution is 0.0381. The molecule has 0 saturated carbocycles. The second-order valence-corrected chi connectivity index (χ2v) is 8.62. The highest BCUT2D eigenvalue weighted by atomic mass is 35.5. The van der Waals surface area contributed by atoms with Gasteiger partial charge in [-0.1, -0.05) is 23.7 Å². The van der Waals surface area contributed by atoms with E-state index in [4.69, 9.17) is 11.6 Å². The van der Waals surface area contributed by atoms with E-state index >= 15 is 0 Å². The van der Waals surface area contributed by atoms with Crippen LogP contribution in [0.15, 0.2) is 42.7 Å². The van der Waals surface area contributed by atoms with Crippen molar-refractivity contribution >= 4 is 22.5 Å². The molecule has 2 aromatic heterocycles. The number of hydrogen-bond donors (Lipinski definition) is 1. The van der Waals surface area contributed by atoms with Crippen molar-refractivity contribution in [2.75, 3.05) is 7.05 Å². The molecule has 1 saturated heterocycles. The van der Waals surface area contributed by atoms with Crippen LogP contribution in [-0.2, 0) is 18.6 Å². The number of benzene rings is 1. The van der Waals surface area contributed by atoms with Gasteiger partial charge >= 0.3 is 0 Å². The molecule has 1 aromatic carbocycles. The zero-order valence-corrected chi connectivity index (χ0v) is 16.4. The largest absolute Gasteiger partial charge is 0.384 e. The minimum atomic E-state index is -0.996. The molecule has 0 amide bonds. The topological polar surface area (TPSA) is 41.3 Å². The minimum Gasteiger partial charge on any atom is -0.384 e. The van der Waals surface area contributed by atoms with Crippen LogP contribution in [0.5, 0.6) is 0 Å². The van der Waals surface area contributed by atoms with Crippen LogP contribution in [0.25, 0.3) is 10.9 Å². The van der Waals surface area contributed by atoms with Crippen molar-refractivity contribution in [2.24, 2.45) is 0 Å². The number of aromatic nitrogens is 2. The Morgan fingerprint density at radius 2 is 2.00 bits per heavy atom. The first kappa shape index (κ1) is 17.2. The molecule has 0 aliphatic carbocycles. The molecule has 3 atom stereocenters. The van der Waals surface area contributed by atoms with E-state index < -0.39 is 5.60 Å². The smallest absolute Gasteiger partial charge is 0.105 e. The predicted molar refractivity (Wildman–Crippen MR) is 108 cm³/mol. The summed E-state index contributed by atoms with van der Waals surface area (Å²) >= 11 is 6.67. The molecule has 4 heterocycles. The maximum Gasteiger partial charge on any atom is 0.105 e. The van der Waals surface area contributed by atoms with Crippen LogP contribution in [0, 0.1) is 0 Å². The van der Waals surface area contributed by atoms with Crippen molar-refractivity contribution in [3.05, 3.63) is 64.6 Å². The molecule has 140 valence electrons. The zero-order chi connectivity index (χ0) is 18.8. The van der Waals surface area contributed by atoms with Crippen molar-refractivity contribution in [3.8, 4) is 0 Å². The van der Waals surface area contributed by atoms with Gasteiger partial charge in [0.25, 0.3) is 0 Å². The van der Waals surface area contributed by atoms with Crippen molar-refractivity contribution in [3.63, 3.8) is 0 Å². The summed E-state index contributed by atoms with van der Waals surface area (Å²) in [5, 5.41) is 13.3. The van der Waals surface area contributed by atoms with Gasteiger partial charge in [0.1, 0.15) is 5.60 Å². The van der Waals surface area contributed by atoms with E-state index in [0.29, 0.717) is 18.6 Å². The van der Waals surface area contributed by atoms with Crippen LogP contribution in [0.4, 0.5) is 0 Å². The summed E-state index contributed by atoms with van der Waals surface area (Å²) in [7, 11) is 2.24. The summed E-state index contributed by atoms with van der Waals surface area (Å²) in [5.41, 5.74) is 3.69. The molecule has 1 N–H and O–H groups in total. The number of halogens is 1. The molecule has 2 aliphatic heterocycles. The maximum atomic E-state index is 11.3. The number of aliphatic hydroxyl groups is 1. The van der Waals surface area contributed by atoms with E-state index in [9.17, 15) is 5.11 Å². The standard InChI is InChI=1S/C22H24ClN3O/c1-22(27,14-8-10-24-11-9-14)13-26-19-12-15-6-7-18(25(15)2)20(19)16-4-3-5-17(23)21(16)26/h3-5,8-11,15,18,27H,6-7,12-13H2,1-2H3. The van der Waals surface area contributed by atoms with Gasteiger partial charge in [-0.05, 0) is 56.1 Å². The van der Waals surface area contributed by atoms with E-state index in [2.05, 4.69) is 27.6 Å². The first-order valence-corrected chi connectivity index (χ1v) is 9.99. The van der Waals surface area contributed by atoms with Crippen LogP contribution in [0.3, 0.4) is 0 Å². The van der Waals surface area contributed by atoms with Gasteiger partial charge in [-0.15, -0.1) is 0 Å². The SMILES string of the molecule is CN1C2CCC1c1c(n(CC(C)(O)c3ccncc3)c3c(Cl)cccc13)C2. The molecule has 5 heteroatoms. The lowest BCUT2D eigenvalue weighted by Crippen LogP contribution is -2.36. The summed E-state index contributed by atoms with van der Waals surface area (Å²) in [6.45, 7) is 2.36. The van der Waals surface area contributed by atoms with Gasteiger partial charge in [0.15, 0.2) is 0 Å². The molecule has 0 spiro atoms. The second kappa shape index (κ2) is 6.06. The first-order chi connectivity index (χ1) is 13.0. The van der Waals surface area contributed by atoms with Gasteiger partial charge in [-0.3, -0.25) is 9.88 Å². The Morgan fingerprint density at radius 3 is 2.78 bits per heavy atom.